The van der Waals surface area contributed by atoms with Gasteiger partial charge in [-0.1, -0.05) is 18.5 Å². The molecule has 0 saturated heterocycles. The Morgan fingerprint density at radius 3 is 3.00 bits per heavy atom. The molecule has 0 bridgehead atoms. The van der Waals surface area contributed by atoms with Gasteiger partial charge in [-0.15, -0.1) is 0 Å². The predicted molar refractivity (Wildman–Crippen MR) is 65.3 cm³/mol. The van der Waals surface area contributed by atoms with Gasteiger partial charge in [-0.3, -0.25) is 4.98 Å². The van der Waals surface area contributed by atoms with Crippen molar-refractivity contribution in [2.75, 3.05) is 6.54 Å². The first-order valence-corrected chi connectivity index (χ1v) is 5.93. The number of hydrogen-bond donors (Lipinski definition) is 1. The van der Waals surface area contributed by atoms with Crippen LogP contribution < -0.4 is 5.32 Å². The van der Waals surface area contributed by atoms with Crippen LogP contribution in [0.3, 0.4) is 0 Å². The van der Waals surface area contributed by atoms with Crippen LogP contribution in [0.1, 0.15) is 32.3 Å². The highest BCUT2D eigenvalue weighted by Crippen LogP contribution is 2.16. The summed E-state index contributed by atoms with van der Waals surface area (Å²) in [5.41, 5.74) is 1.20. The van der Waals surface area contributed by atoms with Crippen molar-refractivity contribution in [1.29, 1.82) is 0 Å². The van der Waals surface area contributed by atoms with Gasteiger partial charge in [0.05, 0.1) is 5.02 Å². The minimum atomic E-state index is 0.593. The molecular weight excluding hydrogens is 208 g/mol. The Hall–Kier alpha value is -0.600. The van der Waals surface area contributed by atoms with Gasteiger partial charge in [0.15, 0.2) is 0 Å². The van der Waals surface area contributed by atoms with Crippen LogP contribution in [0.5, 0.6) is 0 Å². The van der Waals surface area contributed by atoms with Crippen molar-refractivity contribution >= 4 is 11.6 Å². The zero-order chi connectivity index (χ0) is 11.1. The zero-order valence-corrected chi connectivity index (χ0v) is 10.2. The third-order valence-electron chi connectivity index (χ3n) is 2.49. The van der Waals surface area contributed by atoms with Crippen LogP contribution in [0, 0.1) is 0 Å². The number of nitrogens with one attached hydrogen (secondary N) is 1. The third-order valence-corrected chi connectivity index (χ3v) is 2.83. The molecule has 0 amide bonds. The first-order chi connectivity index (χ1) is 7.24. The average Bonchev–Trinajstić information content (AvgIpc) is 2.21. The van der Waals surface area contributed by atoms with Crippen LogP contribution in [0.15, 0.2) is 18.5 Å². The van der Waals surface area contributed by atoms with E-state index in [4.69, 9.17) is 11.6 Å². The van der Waals surface area contributed by atoms with E-state index in [0.717, 1.165) is 24.4 Å². The molecule has 0 aliphatic heterocycles. The van der Waals surface area contributed by atoms with Crippen LogP contribution in [-0.4, -0.2) is 17.6 Å². The maximum Gasteiger partial charge on any atom is 0.0621 e. The summed E-state index contributed by atoms with van der Waals surface area (Å²) in [6.07, 6.45) is 6.90. The Morgan fingerprint density at radius 1 is 1.53 bits per heavy atom. The molecular formula is C12H19ClN2. The Labute approximate surface area is 97.1 Å². The second kappa shape index (κ2) is 6.81. The van der Waals surface area contributed by atoms with Gasteiger partial charge < -0.3 is 5.32 Å². The molecule has 0 saturated carbocycles. The van der Waals surface area contributed by atoms with Crippen molar-refractivity contribution in [3.05, 3.63) is 29.0 Å². The molecule has 2 nitrogen and oxygen atoms in total. The molecule has 84 valence electrons. The van der Waals surface area contributed by atoms with Crippen molar-refractivity contribution in [1.82, 2.24) is 10.3 Å². The summed E-state index contributed by atoms with van der Waals surface area (Å²) in [5, 5.41) is 4.19. The summed E-state index contributed by atoms with van der Waals surface area (Å²) in [6.45, 7) is 5.39. The van der Waals surface area contributed by atoms with Crippen molar-refractivity contribution in [2.45, 2.75) is 39.2 Å². The van der Waals surface area contributed by atoms with Crippen LogP contribution >= 0.6 is 11.6 Å². The summed E-state index contributed by atoms with van der Waals surface area (Å²) in [5.74, 6) is 0. The van der Waals surface area contributed by atoms with E-state index in [1.165, 1.54) is 12.0 Å². The lowest BCUT2D eigenvalue weighted by molar-refractivity contribution is 0.512. The van der Waals surface area contributed by atoms with E-state index in [9.17, 15) is 0 Å². The lowest BCUT2D eigenvalue weighted by Crippen LogP contribution is -2.25. The third kappa shape index (κ3) is 4.63. The van der Waals surface area contributed by atoms with E-state index < -0.39 is 0 Å². The lowest BCUT2D eigenvalue weighted by Gasteiger charge is -2.11. The summed E-state index contributed by atoms with van der Waals surface area (Å²) in [6, 6.07) is 2.59. The number of hydrogen-bond acceptors (Lipinski definition) is 2. The molecule has 1 aromatic rings. The fourth-order valence-electron chi connectivity index (χ4n) is 1.66. The zero-order valence-electron chi connectivity index (χ0n) is 9.46. The number of nitrogens with zero attached hydrogens (tertiary/aromatic N) is 1. The molecule has 1 N–H and O–H groups in total. The molecule has 0 aliphatic carbocycles. The summed E-state index contributed by atoms with van der Waals surface area (Å²) in [4.78, 5) is 3.97. The van der Waals surface area contributed by atoms with Crippen molar-refractivity contribution in [2.24, 2.45) is 0 Å². The molecule has 0 aliphatic rings. The van der Waals surface area contributed by atoms with Gasteiger partial charge in [0, 0.05) is 18.4 Å². The Bertz CT molecular complexity index is 289. The maximum absolute atomic E-state index is 6.02. The second-order valence-electron chi connectivity index (χ2n) is 3.82. The standard InChI is InChI=1S/C12H19ClN2/c1-3-15-10(2)5-4-6-11-7-8-14-9-12(11)13/h7-10,15H,3-6H2,1-2H3. The Kier molecular flexibility index (Phi) is 5.66. The van der Waals surface area contributed by atoms with Crippen molar-refractivity contribution < 1.29 is 0 Å². The monoisotopic (exact) mass is 226 g/mol. The van der Waals surface area contributed by atoms with Gasteiger partial charge in [-0.05, 0) is 44.4 Å². The molecule has 1 atom stereocenters. The molecule has 1 unspecified atom stereocenters. The highest BCUT2D eigenvalue weighted by Gasteiger charge is 2.02. The summed E-state index contributed by atoms with van der Waals surface area (Å²) in [7, 11) is 0. The van der Waals surface area contributed by atoms with Gasteiger partial charge >= 0.3 is 0 Å². The summed E-state index contributed by atoms with van der Waals surface area (Å²) >= 11 is 6.02. The lowest BCUT2D eigenvalue weighted by atomic mass is 10.1. The van der Waals surface area contributed by atoms with E-state index in [1.807, 2.05) is 6.07 Å². The van der Waals surface area contributed by atoms with Crippen LogP contribution in [0.2, 0.25) is 5.02 Å². The smallest absolute Gasteiger partial charge is 0.0621 e. The molecule has 0 aromatic carbocycles. The van der Waals surface area contributed by atoms with Gasteiger partial charge in [-0.25, -0.2) is 0 Å². The maximum atomic E-state index is 6.02. The second-order valence-corrected chi connectivity index (χ2v) is 4.23. The SMILES string of the molecule is CCNC(C)CCCc1ccncc1Cl. The van der Waals surface area contributed by atoms with Gasteiger partial charge in [0.1, 0.15) is 0 Å². The molecule has 0 radical (unpaired) electrons. The van der Waals surface area contributed by atoms with Gasteiger partial charge in [0.2, 0.25) is 0 Å². The highest BCUT2D eigenvalue weighted by molar-refractivity contribution is 6.31. The first-order valence-electron chi connectivity index (χ1n) is 5.55. The minimum Gasteiger partial charge on any atom is -0.315 e. The quantitative estimate of drug-likeness (QED) is 0.807. The average molecular weight is 227 g/mol. The fourth-order valence-corrected chi connectivity index (χ4v) is 1.87. The highest BCUT2D eigenvalue weighted by atomic mass is 35.5. The van der Waals surface area contributed by atoms with E-state index >= 15 is 0 Å². The topological polar surface area (TPSA) is 24.9 Å². The molecule has 1 heterocycles. The molecule has 15 heavy (non-hydrogen) atoms. The Balaban J connectivity index is 2.29. The normalized spacial score (nSPS) is 12.7. The molecule has 1 rings (SSSR count). The van der Waals surface area contributed by atoms with E-state index in [0.29, 0.717) is 6.04 Å². The number of pyridine rings is 1. The number of aryl methyl sites for hydroxylation is 1. The molecule has 0 fully saturated rings. The summed E-state index contributed by atoms with van der Waals surface area (Å²) < 4.78 is 0. The van der Waals surface area contributed by atoms with Crippen LogP contribution in [-0.2, 0) is 6.42 Å². The van der Waals surface area contributed by atoms with E-state index in [-0.39, 0.29) is 0 Å². The number of halogens is 1. The fraction of sp³-hybridized carbons (Fsp3) is 0.583. The predicted octanol–water partition coefficient (Wildman–Crippen LogP) is 3.06. The molecule has 3 heteroatoms. The number of aromatic nitrogens is 1. The number of rotatable bonds is 6. The molecule has 1 aromatic heterocycles. The largest absolute Gasteiger partial charge is 0.315 e. The van der Waals surface area contributed by atoms with Gasteiger partial charge in [-0.2, -0.15) is 0 Å². The Morgan fingerprint density at radius 2 is 2.33 bits per heavy atom. The molecule has 0 spiro atoms. The van der Waals surface area contributed by atoms with E-state index in [2.05, 4.69) is 24.1 Å². The van der Waals surface area contributed by atoms with Crippen LogP contribution in [0.4, 0.5) is 0 Å². The minimum absolute atomic E-state index is 0.593. The first kappa shape index (κ1) is 12.5. The van der Waals surface area contributed by atoms with Gasteiger partial charge in [0.25, 0.3) is 0 Å². The van der Waals surface area contributed by atoms with Crippen LogP contribution in [0.25, 0.3) is 0 Å². The van der Waals surface area contributed by atoms with Crippen molar-refractivity contribution in [3.8, 4) is 0 Å². The van der Waals surface area contributed by atoms with Crippen molar-refractivity contribution in [3.63, 3.8) is 0 Å². The van der Waals surface area contributed by atoms with E-state index in [1.54, 1.807) is 12.4 Å².